The molecule has 1 aromatic carbocycles. The lowest BCUT2D eigenvalue weighted by Crippen LogP contribution is -1.95. The molecule has 0 spiro atoms. The first-order valence-electron chi connectivity index (χ1n) is 4.71. The van der Waals surface area contributed by atoms with Gasteiger partial charge in [-0.1, -0.05) is 17.9 Å². The normalized spacial score (nSPS) is 11.0. The zero-order valence-electron chi connectivity index (χ0n) is 9.25. The van der Waals surface area contributed by atoms with Crippen molar-refractivity contribution in [3.63, 3.8) is 0 Å². The molecule has 0 aromatic heterocycles. The Morgan fingerprint density at radius 1 is 1.39 bits per heavy atom. The lowest BCUT2D eigenvalue weighted by molar-refractivity contribution is -0.385. The molecule has 0 aliphatic carbocycles. The van der Waals surface area contributed by atoms with Crippen molar-refractivity contribution in [2.75, 3.05) is 0 Å². The van der Waals surface area contributed by atoms with Crippen LogP contribution in [-0.4, -0.2) is 13.3 Å². The molecular weight excluding hydrogens is 278 g/mol. The van der Waals surface area contributed by atoms with Gasteiger partial charge >= 0.3 is 0 Å². The fourth-order valence-electron chi connectivity index (χ4n) is 1.11. The van der Waals surface area contributed by atoms with Crippen LogP contribution in [0.15, 0.2) is 35.2 Å². The molecule has 0 bridgehead atoms. The molecule has 0 atom stereocenters. The molecule has 0 N–H and O–H groups in total. The van der Waals surface area contributed by atoms with E-state index in [1.165, 1.54) is 18.2 Å². The SMILES string of the molecule is C/C=C/C#Cc1cc([N+](=O)[O-])cc(S(=O)(=O)Cl)c1. The van der Waals surface area contributed by atoms with Crippen LogP contribution >= 0.6 is 10.7 Å². The van der Waals surface area contributed by atoms with Crippen LogP contribution in [0.4, 0.5) is 5.69 Å². The van der Waals surface area contributed by atoms with E-state index < -0.39 is 14.0 Å². The predicted molar refractivity (Wildman–Crippen MR) is 67.8 cm³/mol. The second-order valence-electron chi connectivity index (χ2n) is 3.18. The molecule has 1 rings (SSSR count). The summed E-state index contributed by atoms with van der Waals surface area (Å²) in [4.78, 5) is 9.62. The summed E-state index contributed by atoms with van der Waals surface area (Å²) in [6.07, 6.45) is 3.22. The van der Waals surface area contributed by atoms with E-state index in [-0.39, 0.29) is 16.1 Å². The number of halogens is 1. The van der Waals surface area contributed by atoms with Gasteiger partial charge in [0, 0.05) is 28.4 Å². The molecular formula is C11H8ClNO4S. The largest absolute Gasteiger partial charge is 0.272 e. The summed E-state index contributed by atoms with van der Waals surface area (Å²) in [6.45, 7) is 1.76. The number of hydrogen-bond donors (Lipinski definition) is 0. The van der Waals surface area contributed by atoms with Crippen LogP contribution in [0.2, 0.25) is 0 Å². The summed E-state index contributed by atoms with van der Waals surface area (Å²) in [7, 11) is 1.13. The average molecular weight is 286 g/mol. The molecule has 0 radical (unpaired) electrons. The van der Waals surface area contributed by atoms with Crippen LogP contribution in [0.25, 0.3) is 0 Å². The summed E-state index contributed by atoms with van der Waals surface area (Å²) < 4.78 is 22.3. The third-order valence-electron chi connectivity index (χ3n) is 1.85. The number of nitro benzene ring substituents is 1. The highest BCUT2D eigenvalue weighted by molar-refractivity contribution is 8.13. The molecule has 0 fully saturated rings. The monoisotopic (exact) mass is 285 g/mol. The van der Waals surface area contributed by atoms with Crippen LogP contribution in [0, 0.1) is 22.0 Å². The standard InChI is InChI=1S/C11H8ClNO4S/c1-2-3-4-5-9-6-10(13(14)15)8-11(7-9)18(12,16)17/h2-3,6-8H,1H3/b3-2+. The van der Waals surface area contributed by atoms with Crippen molar-refractivity contribution in [3.05, 3.63) is 46.0 Å². The molecule has 0 aliphatic rings. The number of hydrogen-bond acceptors (Lipinski definition) is 4. The first-order chi connectivity index (χ1) is 8.34. The van der Waals surface area contributed by atoms with E-state index in [4.69, 9.17) is 10.7 Å². The van der Waals surface area contributed by atoms with E-state index >= 15 is 0 Å². The quantitative estimate of drug-likeness (QED) is 0.362. The maximum Gasteiger partial charge on any atom is 0.272 e. The molecule has 1 aromatic rings. The first kappa shape index (κ1) is 14.2. The first-order valence-corrected chi connectivity index (χ1v) is 7.02. The molecule has 18 heavy (non-hydrogen) atoms. The molecule has 0 unspecified atom stereocenters. The molecule has 0 saturated heterocycles. The Labute approximate surface area is 109 Å². The number of nitrogens with zero attached hydrogens (tertiary/aromatic N) is 1. The fourth-order valence-corrected chi connectivity index (χ4v) is 1.91. The van der Waals surface area contributed by atoms with Crippen LogP contribution in [-0.2, 0) is 9.05 Å². The molecule has 0 aliphatic heterocycles. The Hall–Kier alpha value is -1.84. The number of rotatable bonds is 2. The van der Waals surface area contributed by atoms with Crippen LogP contribution in [0.5, 0.6) is 0 Å². The van der Waals surface area contributed by atoms with Gasteiger partial charge in [-0.25, -0.2) is 8.42 Å². The molecule has 0 saturated carbocycles. The zero-order chi connectivity index (χ0) is 13.8. The summed E-state index contributed by atoms with van der Waals surface area (Å²) in [6, 6.07) is 3.26. The van der Waals surface area contributed by atoms with Gasteiger partial charge in [0.15, 0.2) is 0 Å². The van der Waals surface area contributed by atoms with Crippen molar-refractivity contribution in [1.29, 1.82) is 0 Å². The van der Waals surface area contributed by atoms with Crippen molar-refractivity contribution in [2.45, 2.75) is 11.8 Å². The molecule has 0 amide bonds. The molecule has 0 heterocycles. The molecule has 94 valence electrons. The summed E-state index contributed by atoms with van der Waals surface area (Å²) in [5.74, 6) is 5.19. The summed E-state index contributed by atoms with van der Waals surface area (Å²) in [5.41, 5.74) is -0.164. The Bertz CT molecular complexity index is 668. The highest BCUT2D eigenvalue weighted by Gasteiger charge is 2.16. The van der Waals surface area contributed by atoms with E-state index in [0.717, 1.165) is 6.07 Å². The average Bonchev–Trinajstić information content (AvgIpc) is 2.28. The highest BCUT2D eigenvalue weighted by atomic mass is 35.7. The Morgan fingerprint density at radius 2 is 2.06 bits per heavy atom. The van der Waals surface area contributed by atoms with Crippen LogP contribution in [0.1, 0.15) is 12.5 Å². The third-order valence-corrected chi connectivity index (χ3v) is 3.18. The second-order valence-corrected chi connectivity index (χ2v) is 5.75. The topological polar surface area (TPSA) is 77.3 Å². The van der Waals surface area contributed by atoms with Gasteiger partial charge in [0.1, 0.15) is 0 Å². The minimum atomic E-state index is -4.03. The molecule has 7 heteroatoms. The smallest absolute Gasteiger partial charge is 0.258 e. The van der Waals surface area contributed by atoms with Gasteiger partial charge in [-0.05, 0) is 19.1 Å². The lowest BCUT2D eigenvalue weighted by Gasteiger charge is -1.98. The van der Waals surface area contributed by atoms with Gasteiger partial charge in [0.2, 0.25) is 0 Å². The zero-order valence-corrected chi connectivity index (χ0v) is 10.8. The minimum Gasteiger partial charge on any atom is -0.258 e. The Morgan fingerprint density at radius 3 is 2.56 bits per heavy atom. The minimum absolute atomic E-state index is 0.210. The molecule has 5 nitrogen and oxygen atoms in total. The third kappa shape index (κ3) is 3.87. The van der Waals surface area contributed by atoms with Crippen molar-refractivity contribution < 1.29 is 13.3 Å². The van der Waals surface area contributed by atoms with Gasteiger partial charge in [-0.2, -0.15) is 0 Å². The second kappa shape index (κ2) is 5.67. The van der Waals surface area contributed by atoms with Gasteiger partial charge < -0.3 is 0 Å². The maximum atomic E-state index is 11.2. The Kier molecular flexibility index (Phi) is 4.48. The van der Waals surface area contributed by atoms with Crippen molar-refractivity contribution in [3.8, 4) is 11.8 Å². The van der Waals surface area contributed by atoms with Crippen molar-refractivity contribution in [1.82, 2.24) is 0 Å². The predicted octanol–water partition coefficient (Wildman–Crippen LogP) is 2.45. The maximum absolute atomic E-state index is 11.2. The lowest BCUT2D eigenvalue weighted by atomic mass is 10.2. The summed E-state index contributed by atoms with van der Waals surface area (Å²) >= 11 is 0. The van der Waals surface area contributed by atoms with E-state index in [1.54, 1.807) is 13.0 Å². The highest BCUT2D eigenvalue weighted by Crippen LogP contribution is 2.23. The van der Waals surface area contributed by atoms with Crippen LogP contribution < -0.4 is 0 Å². The van der Waals surface area contributed by atoms with Gasteiger partial charge in [-0.3, -0.25) is 10.1 Å². The van der Waals surface area contributed by atoms with E-state index in [0.29, 0.717) is 0 Å². The van der Waals surface area contributed by atoms with Crippen molar-refractivity contribution >= 4 is 25.4 Å². The number of allylic oxidation sites excluding steroid dienone is 2. The number of nitro groups is 1. The van der Waals surface area contributed by atoms with Gasteiger partial charge in [-0.15, -0.1) is 0 Å². The van der Waals surface area contributed by atoms with Gasteiger partial charge in [0.25, 0.3) is 14.7 Å². The number of non-ortho nitro benzene ring substituents is 1. The van der Waals surface area contributed by atoms with Crippen molar-refractivity contribution in [2.24, 2.45) is 0 Å². The summed E-state index contributed by atoms with van der Waals surface area (Å²) in [5, 5.41) is 10.7. The van der Waals surface area contributed by atoms with E-state index in [9.17, 15) is 18.5 Å². The van der Waals surface area contributed by atoms with Crippen LogP contribution in [0.3, 0.4) is 0 Å². The Balaban J connectivity index is 3.42. The fraction of sp³-hybridized carbons (Fsp3) is 0.0909. The van der Waals surface area contributed by atoms with E-state index in [2.05, 4.69) is 11.8 Å². The number of benzene rings is 1. The van der Waals surface area contributed by atoms with Gasteiger partial charge in [0.05, 0.1) is 9.82 Å². The van der Waals surface area contributed by atoms with E-state index in [1.807, 2.05) is 0 Å².